The molecule has 0 unspecified atom stereocenters. The summed E-state index contributed by atoms with van der Waals surface area (Å²) < 4.78 is 33.9. The van der Waals surface area contributed by atoms with Crippen LogP contribution >= 0.6 is 11.3 Å². The maximum absolute atomic E-state index is 13.1. The molecule has 0 spiro atoms. The summed E-state index contributed by atoms with van der Waals surface area (Å²) in [6, 6.07) is 7.37. The number of anilines is 1. The van der Waals surface area contributed by atoms with Gasteiger partial charge in [-0.15, -0.1) is 10.2 Å². The number of nitrogens with zero attached hydrogens (tertiary/aromatic N) is 2. The zero-order chi connectivity index (χ0) is 20.6. The lowest BCUT2D eigenvalue weighted by Gasteiger charge is -2.18. The van der Waals surface area contributed by atoms with E-state index in [1.54, 1.807) is 7.11 Å². The molecule has 8 heteroatoms. The summed E-state index contributed by atoms with van der Waals surface area (Å²) in [6.45, 7) is 9.59. The molecule has 1 heterocycles. The number of sulfonamides is 1. The van der Waals surface area contributed by atoms with Crippen molar-refractivity contribution in [3.63, 3.8) is 0 Å². The maximum Gasteiger partial charge on any atom is 0.264 e. The number of aromatic nitrogens is 2. The predicted octanol–water partition coefficient (Wildman–Crippen LogP) is 4.56. The van der Waals surface area contributed by atoms with E-state index in [1.165, 1.54) is 11.3 Å². The first-order valence-corrected chi connectivity index (χ1v) is 11.0. The molecular weight excluding hydrogens is 394 g/mol. The van der Waals surface area contributed by atoms with E-state index in [2.05, 4.69) is 14.9 Å². The SMILES string of the molecule is COc1ccc(-c2nnc(NS(=O)(=O)c3c(C)c(C)c(C)c(C)c3C)s2)cc1. The van der Waals surface area contributed by atoms with Gasteiger partial charge in [-0.25, -0.2) is 8.42 Å². The first-order chi connectivity index (χ1) is 13.2. The van der Waals surface area contributed by atoms with Gasteiger partial charge in [-0.3, -0.25) is 4.72 Å². The first kappa shape index (κ1) is 20.3. The van der Waals surface area contributed by atoms with Crippen molar-refractivity contribution >= 4 is 26.5 Å². The van der Waals surface area contributed by atoms with E-state index in [0.29, 0.717) is 9.90 Å². The summed E-state index contributed by atoms with van der Waals surface area (Å²) in [5, 5.41) is 9.00. The van der Waals surface area contributed by atoms with Crippen LogP contribution in [0.15, 0.2) is 29.2 Å². The Bertz CT molecular complexity index is 1110. The fourth-order valence-electron chi connectivity index (χ4n) is 3.15. The minimum absolute atomic E-state index is 0.237. The van der Waals surface area contributed by atoms with Crippen LogP contribution < -0.4 is 9.46 Å². The van der Waals surface area contributed by atoms with Gasteiger partial charge in [-0.2, -0.15) is 0 Å². The highest BCUT2D eigenvalue weighted by atomic mass is 32.2. The molecule has 0 bridgehead atoms. The molecule has 0 atom stereocenters. The molecule has 1 aromatic heterocycles. The molecule has 0 aliphatic heterocycles. The number of rotatable bonds is 5. The van der Waals surface area contributed by atoms with Crippen molar-refractivity contribution in [3.05, 3.63) is 52.1 Å². The summed E-state index contributed by atoms with van der Waals surface area (Å²) in [5.41, 5.74) is 5.45. The second-order valence-electron chi connectivity index (χ2n) is 6.70. The van der Waals surface area contributed by atoms with Gasteiger partial charge in [0.1, 0.15) is 10.8 Å². The Balaban J connectivity index is 1.95. The van der Waals surface area contributed by atoms with E-state index in [0.717, 1.165) is 39.1 Å². The predicted molar refractivity (Wildman–Crippen MR) is 113 cm³/mol. The molecule has 0 radical (unpaired) electrons. The zero-order valence-corrected chi connectivity index (χ0v) is 18.4. The molecule has 148 valence electrons. The fourth-order valence-corrected chi connectivity index (χ4v) is 5.73. The lowest BCUT2D eigenvalue weighted by molar-refractivity contribution is 0.415. The number of hydrogen-bond acceptors (Lipinski definition) is 6. The Hall–Kier alpha value is -2.45. The number of nitrogens with one attached hydrogen (secondary N) is 1. The van der Waals surface area contributed by atoms with E-state index in [9.17, 15) is 8.42 Å². The van der Waals surface area contributed by atoms with Gasteiger partial charge < -0.3 is 4.74 Å². The molecule has 0 saturated carbocycles. The van der Waals surface area contributed by atoms with Crippen LogP contribution in [-0.4, -0.2) is 25.7 Å². The van der Waals surface area contributed by atoms with E-state index >= 15 is 0 Å². The van der Waals surface area contributed by atoms with Crippen LogP contribution in [0.1, 0.15) is 27.8 Å². The Morgan fingerprint density at radius 2 is 1.39 bits per heavy atom. The highest BCUT2D eigenvalue weighted by Gasteiger charge is 2.25. The van der Waals surface area contributed by atoms with Gasteiger partial charge >= 0.3 is 0 Å². The van der Waals surface area contributed by atoms with E-state index < -0.39 is 10.0 Å². The molecular formula is C20H23N3O3S2. The summed E-state index contributed by atoms with van der Waals surface area (Å²) >= 11 is 1.19. The van der Waals surface area contributed by atoms with Crippen molar-refractivity contribution in [2.75, 3.05) is 11.8 Å². The molecule has 0 saturated heterocycles. The van der Waals surface area contributed by atoms with Crippen molar-refractivity contribution < 1.29 is 13.2 Å². The third-order valence-corrected chi connectivity index (χ3v) is 7.81. The van der Waals surface area contributed by atoms with Crippen molar-refractivity contribution in [3.8, 4) is 16.3 Å². The molecule has 0 fully saturated rings. The van der Waals surface area contributed by atoms with Crippen molar-refractivity contribution in [1.82, 2.24) is 10.2 Å². The zero-order valence-electron chi connectivity index (χ0n) is 16.7. The van der Waals surface area contributed by atoms with Gasteiger partial charge in [0, 0.05) is 5.56 Å². The number of benzene rings is 2. The van der Waals surface area contributed by atoms with Gasteiger partial charge in [0.05, 0.1) is 12.0 Å². The van der Waals surface area contributed by atoms with Crippen LogP contribution in [0.5, 0.6) is 5.75 Å². The van der Waals surface area contributed by atoms with Gasteiger partial charge in [0.15, 0.2) is 0 Å². The Morgan fingerprint density at radius 1 is 0.857 bits per heavy atom. The normalized spacial score (nSPS) is 11.5. The van der Waals surface area contributed by atoms with Crippen molar-refractivity contribution in [2.24, 2.45) is 0 Å². The molecule has 0 amide bonds. The van der Waals surface area contributed by atoms with Crippen LogP contribution in [0.4, 0.5) is 5.13 Å². The monoisotopic (exact) mass is 417 g/mol. The average molecular weight is 418 g/mol. The van der Waals surface area contributed by atoms with Crippen LogP contribution in [0.3, 0.4) is 0 Å². The third-order valence-electron chi connectivity index (χ3n) is 5.18. The molecule has 0 aliphatic rings. The largest absolute Gasteiger partial charge is 0.497 e. The lowest BCUT2D eigenvalue weighted by Crippen LogP contribution is -2.17. The molecule has 0 aliphatic carbocycles. The smallest absolute Gasteiger partial charge is 0.264 e. The second kappa shape index (κ2) is 7.52. The summed E-state index contributed by atoms with van der Waals surface area (Å²) in [5.74, 6) is 0.741. The number of methoxy groups -OCH3 is 1. The van der Waals surface area contributed by atoms with Crippen LogP contribution in [-0.2, 0) is 10.0 Å². The Kier molecular flexibility index (Phi) is 5.45. The van der Waals surface area contributed by atoms with Gasteiger partial charge in [-0.1, -0.05) is 11.3 Å². The van der Waals surface area contributed by atoms with Gasteiger partial charge in [0.2, 0.25) is 5.13 Å². The standard InChI is InChI=1S/C20H23N3O3S2/c1-11-12(2)14(4)18(15(5)13(11)3)28(24,25)23-20-22-21-19(27-20)16-7-9-17(26-6)10-8-16/h7-10H,1-6H3,(H,22,23). The van der Waals surface area contributed by atoms with Crippen LogP contribution in [0.25, 0.3) is 10.6 Å². The molecule has 28 heavy (non-hydrogen) atoms. The summed E-state index contributed by atoms with van der Waals surface area (Å²) in [4.78, 5) is 0.314. The maximum atomic E-state index is 13.1. The first-order valence-electron chi connectivity index (χ1n) is 8.73. The van der Waals surface area contributed by atoms with Crippen LogP contribution in [0.2, 0.25) is 0 Å². The number of hydrogen-bond donors (Lipinski definition) is 1. The van der Waals surface area contributed by atoms with E-state index in [4.69, 9.17) is 4.74 Å². The average Bonchev–Trinajstić information content (AvgIpc) is 3.12. The molecule has 3 rings (SSSR count). The summed E-state index contributed by atoms with van der Waals surface area (Å²) in [6.07, 6.45) is 0. The molecule has 1 N–H and O–H groups in total. The molecule has 3 aromatic rings. The Morgan fingerprint density at radius 3 is 1.93 bits per heavy atom. The topological polar surface area (TPSA) is 81.2 Å². The number of ether oxygens (including phenoxy) is 1. The minimum Gasteiger partial charge on any atom is -0.497 e. The van der Waals surface area contributed by atoms with E-state index in [-0.39, 0.29) is 5.13 Å². The highest BCUT2D eigenvalue weighted by molar-refractivity contribution is 7.93. The van der Waals surface area contributed by atoms with Gasteiger partial charge in [-0.05, 0) is 86.7 Å². The summed E-state index contributed by atoms with van der Waals surface area (Å²) in [7, 11) is -2.18. The lowest BCUT2D eigenvalue weighted by atomic mass is 9.95. The van der Waals surface area contributed by atoms with Crippen LogP contribution in [0, 0.1) is 34.6 Å². The second-order valence-corrected chi connectivity index (χ2v) is 9.30. The minimum atomic E-state index is -3.78. The third kappa shape index (κ3) is 3.62. The van der Waals surface area contributed by atoms with E-state index in [1.807, 2.05) is 58.9 Å². The van der Waals surface area contributed by atoms with Gasteiger partial charge in [0.25, 0.3) is 10.0 Å². The molecule has 2 aromatic carbocycles. The molecule has 6 nitrogen and oxygen atoms in total. The van der Waals surface area contributed by atoms with Crippen molar-refractivity contribution in [2.45, 2.75) is 39.5 Å². The Labute approximate surface area is 169 Å². The fraction of sp³-hybridized carbons (Fsp3) is 0.300. The highest BCUT2D eigenvalue weighted by Crippen LogP contribution is 2.33. The van der Waals surface area contributed by atoms with Crippen molar-refractivity contribution in [1.29, 1.82) is 0 Å². The quantitative estimate of drug-likeness (QED) is 0.658.